The monoisotopic (exact) mass is 388 g/mol. The Hall–Kier alpha value is -3.05. The van der Waals surface area contributed by atoms with Gasteiger partial charge in [-0.15, -0.1) is 0 Å². The predicted octanol–water partition coefficient (Wildman–Crippen LogP) is 5.41. The van der Waals surface area contributed by atoms with Crippen molar-refractivity contribution in [3.8, 4) is 17.2 Å². The Balaban J connectivity index is 1.44. The molecular weight excluding hydrogens is 368 g/mol. The lowest BCUT2D eigenvalue weighted by Crippen LogP contribution is -2.65. The SMILES string of the molecule is CC12CC(NC(=S)N1c1ccc(Oc3ccccc3)cc1)c1ccccc1O2. The van der Waals surface area contributed by atoms with Crippen molar-refractivity contribution in [3.63, 3.8) is 0 Å². The third-order valence-electron chi connectivity index (χ3n) is 5.25. The van der Waals surface area contributed by atoms with E-state index in [4.69, 9.17) is 21.7 Å². The second-order valence-electron chi connectivity index (χ2n) is 7.27. The smallest absolute Gasteiger partial charge is 0.188 e. The first-order valence-electron chi connectivity index (χ1n) is 9.34. The zero-order valence-corrected chi connectivity index (χ0v) is 16.3. The van der Waals surface area contributed by atoms with Crippen LogP contribution in [0.5, 0.6) is 17.2 Å². The van der Waals surface area contributed by atoms with E-state index in [0.717, 1.165) is 34.9 Å². The number of nitrogens with zero attached hydrogens (tertiary/aromatic N) is 1. The fourth-order valence-corrected chi connectivity index (χ4v) is 4.44. The minimum Gasteiger partial charge on any atom is -0.467 e. The highest BCUT2D eigenvalue weighted by Crippen LogP contribution is 2.45. The third-order valence-corrected chi connectivity index (χ3v) is 5.56. The number of thiocarbonyl (C=S) groups is 1. The van der Waals surface area contributed by atoms with E-state index in [1.807, 2.05) is 72.8 Å². The van der Waals surface area contributed by atoms with Crippen LogP contribution in [0.1, 0.15) is 24.9 Å². The van der Waals surface area contributed by atoms with Crippen molar-refractivity contribution in [1.82, 2.24) is 5.32 Å². The summed E-state index contributed by atoms with van der Waals surface area (Å²) in [6.45, 7) is 2.09. The van der Waals surface area contributed by atoms with Crippen molar-refractivity contribution in [2.24, 2.45) is 0 Å². The van der Waals surface area contributed by atoms with Gasteiger partial charge in [0.1, 0.15) is 17.2 Å². The molecule has 28 heavy (non-hydrogen) atoms. The molecule has 5 heteroatoms. The van der Waals surface area contributed by atoms with Crippen LogP contribution in [0.4, 0.5) is 5.69 Å². The minimum absolute atomic E-state index is 0.166. The van der Waals surface area contributed by atoms with E-state index < -0.39 is 5.72 Å². The number of fused-ring (bicyclic) bond motifs is 4. The number of hydrogen-bond donors (Lipinski definition) is 1. The first kappa shape index (κ1) is 17.1. The Labute approximate surface area is 169 Å². The number of para-hydroxylation sites is 2. The van der Waals surface area contributed by atoms with Crippen LogP contribution in [0.25, 0.3) is 0 Å². The van der Waals surface area contributed by atoms with Crippen molar-refractivity contribution >= 4 is 23.0 Å². The van der Waals surface area contributed by atoms with Gasteiger partial charge in [-0.25, -0.2) is 0 Å². The summed E-state index contributed by atoms with van der Waals surface area (Å²) in [4.78, 5) is 2.06. The molecule has 2 heterocycles. The molecule has 1 saturated heterocycles. The summed E-state index contributed by atoms with van der Waals surface area (Å²) in [5, 5.41) is 4.15. The van der Waals surface area contributed by atoms with Gasteiger partial charge in [0, 0.05) is 17.7 Å². The molecule has 2 bridgehead atoms. The number of benzene rings is 3. The Morgan fingerprint density at radius 2 is 1.64 bits per heavy atom. The number of nitrogens with one attached hydrogen (secondary N) is 1. The standard InChI is InChI=1S/C23H20N2O2S/c1-23-15-20(19-9-5-6-10-21(19)27-23)24-22(28)25(23)16-11-13-18(14-12-16)26-17-7-3-2-4-8-17/h2-14,20H,15H2,1H3,(H,24,28). The zero-order chi connectivity index (χ0) is 19.1. The summed E-state index contributed by atoms with van der Waals surface area (Å²) in [6, 6.07) is 26.0. The van der Waals surface area contributed by atoms with Crippen LogP contribution in [0.15, 0.2) is 78.9 Å². The van der Waals surface area contributed by atoms with E-state index in [1.165, 1.54) is 0 Å². The largest absolute Gasteiger partial charge is 0.467 e. The number of hydrogen-bond acceptors (Lipinski definition) is 3. The minimum atomic E-state index is -0.539. The molecule has 2 aliphatic heterocycles. The maximum atomic E-state index is 6.42. The lowest BCUT2D eigenvalue weighted by Gasteiger charge is -2.52. The van der Waals surface area contributed by atoms with Crippen LogP contribution in [-0.4, -0.2) is 10.8 Å². The highest BCUT2D eigenvalue weighted by Gasteiger charge is 2.48. The van der Waals surface area contributed by atoms with Crippen molar-refractivity contribution < 1.29 is 9.47 Å². The first-order chi connectivity index (χ1) is 13.6. The predicted molar refractivity (Wildman–Crippen MR) is 114 cm³/mol. The van der Waals surface area contributed by atoms with E-state index in [0.29, 0.717) is 5.11 Å². The molecule has 0 aromatic heterocycles. The molecule has 0 radical (unpaired) electrons. The van der Waals surface area contributed by atoms with Gasteiger partial charge >= 0.3 is 0 Å². The molecule has 140 valence electrons. The lowest BCUT2D eigenvalue weighted by molar-refractivity contribution is 0.0498. The van der Waals surface area contributed by atoms with E-state index in [-0.39, 0.29) is 6.04 Å². The molecule has 2 unspecified atom stereocenters. The summed E-state index contributed by atoms with van der Waals surface area (Å²) >= 11 is 5.71. The Kier molecular flexibility index (Phi) is 3.98. The van der Waals surface area contributed by atoms with Crippen molar-refractivity contribution in [2.75, 3.05) is 4.90 Å². The molecule has 1 fully saturated rings. The van der Waals surface area contributed by atoms with Crippen LogP contribution in [0.2, 0.25) is 0 Å². The molecule has 0 saturated carbocycles. The lowest BCUT2D eigenvalue weighted by atomic mass is 9.90. The summed E-state index contributed by atoms with van der Waals surface area (Å²) in [7, 11) is 0. The molecule has 3 aromatic carbocycles. The Morgan fingerprint density at radius 3 is 2.43 bits per heavy atom. The molecular formula is C23H20N2O2S. The van der Waals surface area contributed by atoms with Crippen LogP contribution in [0.3, 0.4) is 0 Å². The third kappa shape index (κ3) is 2.88. The molecule has 0 amide bonds. The summed E-state index contributed by atoms with van der Waals surface area (Å²) in [5.41, 5.74) is 1.59. The van der Waals surface area contributed by atoms with E-state index in [9.17, 15) is 0 Å². The summed E-state index contributed by atoms with van der Waals surface area (Å²) in [5.74, 6) is 2.50. The Bertz CT molecular complexity index is 1020. The summed E-state index contributed by atoms with van der Waals surface area (Å²) in [6.07, 6.45) is 0.812. The second-order valence-corrected chi connectivity index (χ2v) is 7.65. The maximum Gasteiger partial charge on any atom is 0.188 e. The summed E-state index contributed by atoms with van der Waals surface area (Å²) < 4.78 is 12.3. The van der Waals surface area contributed by atoms with Crippen LogP contribution < -0.4 is 19.7 Å². The fraction of sp³-hybridized carbons (Fsp3) is 0.174. The number of rotatable bonds is 3. The Morgan fingerprint density at radius 1 is 0.964 bits per heavy atom. The van der Waals surface area contributed by atoms with Gasteiger partial charge < -0.3 is 14.8 Å². The number of anilines is 1. The fourth-order valence-electron chi connectivity index (χ4n) is 4.00. The van der Waals surface area contributed by atoms with Gasteiger partial charge in [0.25, 0.3) is 0 Å². The first-order valence-corrected chi connectivity index (χ1v) is 9.75. The topological polar surface area (TPSA) is 33.7 Å². The van der Waals surface area contributed by atoms with Gasteiger partial charge in [-0.2, -0.15) is 0 Å². The van der Waals surface area contributed by atoms with Crippen molar-refractivity contribution in [3.05, 3.63) is 84.4 Å². The molecule has 4 nitrogen and oxygen atoms in total. The van der Waals surface area contributed by atoms with Gasteiger partial charge in [-0.1, -0.05) is 36.4 Å². The molecule has 2 atom stereocenters. The quantitative estimate of drug-likeness (QED) is 0.607. The normalized spacial score (nSPS) is 22.7. The molecule has 2 aliphatic rings. The van der Waals surface area contributed by atoms with Gasteiger partial charge in [-0.05, 0) is 61.6 Å². The molecule has 0 aliphatic carbocycles. The molecule has 1 N–H and O–H groups in total. The van der Waals surface area contributed by atoms with Gasteiger partial charge in [0.15, 0.2) is 10.8 Å². The zero-order valence-electron chi connectivity index (χ0n) is 15.5. The van der Waals surface area contributed by atoms with E-state index in [1.54, 1.807) is 0 Å². The van der Waals surface area contributed by atoms with Gasteiger partial charge in [0.2, 0.25) is 0 Å². The maximum absolute atomic E-state index is 6.42. The van der Waals surface area contributed by atoms with Crippen LogP contribution >= 0.6 is 12.2 Å². The highest BCUT2D eigenvalue weighted by molar-refractivity contribution is 7.80. The highest BCUT2D eigenvalue weighted by atomic mass is 32.1. The average Bonchev–Trinajstić information content (AvgIpc) is 2.69. The van der Waals surface area contributed by atoms with E-state index in [2.05, 4.69) is 23.2 Å². The average molecular weight is 388 g/mol. The molecule has 3 aromatic rings. The van der Waals surface area contributed by atoms with Gasteiger partial charge in [0.05, 0.1) is 6.04 Å². The van der Waals surface area contributed by atoms with E-state index >= 15 is 0 Å². The van der Waals surface area contributed by atoms with Crippen molar-refractivity contribution in [2.45, 2.75) is 25.1 Å². The number of ether oxygens (including phenoxy) is 2. The van der Waals surface area contributed by atoms with Crippen LogP contribution in [-0.2, 0) is 0 Å². The molecule has 5 rings (SSSR count). The van der Waals surface area contributed by atoms with Crippen molar-refractivity contribution in [1.29, 1.82) is 0 Å². The van der Waals surface area contributed by atoms with Crippen LogP contribution in [0, 0.1) is 0 Å². The second kappa shape index (κ2) is 6.53. The van der Waals surface area contributed by atoms with Gasteiger partial charge in [-0.3, -0.25) is 4.90 Å². The molecule has 0 spiro atoms.